The van der Waals surface area contributed by atoms with Gasteiger partial charge >= 0.3 is 0 Å². The Morgan fingerprint density at radius 1 is 1.36 bits per heavy atom. The molecule has 0 aliphatic rings. The van der Waals surface area contributed by atoms with Gasteiger partial charge in [-0.2, -0.15) is 0 Å². The third kappa shape index (κ3) is 1.05. The Labute approximate surface area is 71.4 Å². The number of aromatic nitrogens is 1. The highest BCUT2D eigenvalue weighted by Crippen LogP contribution is 2.21. The number of hydrogen-bond donors (Lipinski definition) is 1. The summed E-state index contributed by atoms with van der Waals surface area (Å²) >= 11 is 3.11. The summed E-state index contributed by atoms with van der Waals surface area (Å²) in [6.07, 6.45) is 1.79. The minimum Gasteiger partial charge on any atom is -0.361 e. The summed E-state index contributed by atoms with van der Waals surface area (Å²) in [6, 6.07) is 5.13. The molecule has 2 rings (SSSR count). The van der Waals surface area contributed by atoms with Gasteiger partial charge in [0.15, 0.2) is 0 Å². The van der Waals surface area contributed by atoms with Crippen molar-refractivity contribution in [2.75, 3.05) is 0 Å². The summed E-state index contributed by atoms with van der Waals surface area (Å²) in [6.45, 7) is 0. The van der Waals surface area contributed by atoms with E-state index < -0.39 is 0 Å². The van der Waals surface area contributed by atoms with Crippen LogP contribution in [0, 0.1) is 5.82 Å². The van der Waals surface area contributed by atoms with Crippen LogP contribution in [-0.2, 0) is 0 Å². The van der Waals surface area contributed by atoms with E-state index >= 15 is 0 Å². The van der Waals surface area contributed by atoms with Crippen molar-refractivity contribution in [2.24, 2.45) is 0 Å². The number of halogens is 2. The Morgan fingerprint density at radius 3 is 3.00 bits per heavy atom. The summed E-state index contributed by atoms with van der Waals surface area (Å²) in [5.41, 5.74) is 0.825. The van der Waals surface area contributed by atoms with Gasteiger partial charge in [0, 0.05) is 17.1 Å². The predicted molar refractivity (Wildman–Crippen MR) is 46.0 cm³/mol. The Kier molecular flexibility index (Phi) is 1.46. The Morgan fingerprint density at radius 2 is 2.18 bits per heavy atom. The first kappa shape index (κ1) is 6.85. The number of hydrogen-bond acceptors (Lipinski definition) is 0. The maximum atomic E-state index is 12.9. The van der Waals surface area contributed by atoms with Crippen LogP contribution in [0.2, 0.25) is 0 Å². The fourth-order valence-electron chi connectivity index (χ4n) is 1.05. The second kappa shape index (κ2) is 2.34. The van der Waals surface area contributed by atoms with Crippen molar-refractivity contribution in [1.82, 2.24) is 4.98 Å². The van der Waals surface area contributed by atoms with E-state index in [9.17, 15) is 4.39 Å². The predicted octanol–water partition coefficient (Wildman–Crippen LogP) is 3.07. The van der Waals surface area contributed by atoms with Crippen molar-refractivity contribution >= 4 is 26.8 Å². The molecule has 1 heterocycles. The van der Waals surface area contributed by atoms with Crippen LogP contribution in [-0.4, -0.2) is 4.98 Å². The van der Waals surface area contributed by atoms with E-state index in [0.717, 1.165) is 10.9 Å². The number of H-pyrrole nitrogens is 1. The molecule has 0 aliphatic heterocycles. The van der Waals surface area contributed by atoms with E-state index in [1.807, 2.05) is 6.07 Å². The topological polar surface area (TPSA) is 15.8 Å². The minimum absolute atomic E-state index is 0.236. The molecule has 1 N–H and O–H groups in total. The first-order valence-electron chi connectivity index (χ1n) is 3.19. The number of aromatic amines is 1. The maximum absolute atomic E-state index is 12.9. The van der Waals surface area contributed by atoms with Gasteiger partial charge in [0.2, 0.25) is 0 Å². The van der Waals surface area contributed by atoms with E-state index in [-0.39, 0.29) is 5.82 Å². The molecule has 3 heteroatoms. The summed E-state index contributed by atoms with van der Waals surface area (Å²) in [5.74, 6) is -0.236. The van der Waals surface area contributed by atoms with Crippen LogP contribution in [0.3, 0.4) is 0 Å². The standard InChI is InChI=1S/C8H5BrFN/c9-6-3-5-1-2-11-8(5)4-7(6)10/h1-4,11H. The summed E-state index contributed by atoms with van der Waals surface area (Å²) in [5, 5.41) is 1.01. The van der Waals surface area contributed by atoms with Crippen LogP contribution in [0.5, 0.6) is 0 Å². The normalized spacial score (nSPS) is 10.7. The molecule has 0 aliphatic carbocycles. The van der Waals surface area contributed by atoms with Crippen LogP contribution < -0.4 is 0 Å². The number of fused-ring (bicyclic) bond motifs is 1. The van der Waals surface area contributed by atoms with E-state index in [1.165, 1.54) is 6.07 Å². The molecule has 56 valence electrons. The largest absolute Gasteiger partial charge is 0.361 e. The molecule has 0 unspecified atom stereocenters. The highest BCUT2D eigenvalue weighted by molar-refractivity contribution is 9.10. The van der Waals surface area contributed by atoms with Crippen molar-refractivity contribution in [1.29, 1.82) is 0 Å². The molecule has 1 nitrogen and oxygen atoms in total. The van der Waals surface area contributed by atoms with Crippen molar-refractivity contribution in [3.63, 3.8) is 0 Å². The molecule has 0 atom stereocenters. The number of rotatable bonds is 0. The van der Waals surface area contributed by atoms with Crippen LogP contribution in [0.15, 0.2) is 28.9 Å². The summed E-state index contributed by atoms with van der Waals surface area (Å²) < 4.78 is 13.4. The average Bonchev–Trinajstić information content (AvgIpc) is 2.36. The van der Waals surface area contributed by atoms with Gasteiger partial charge in [0.1, 0.15) is 5.82 Å². The van der Waals surface area contributed by atoms with Gasteiger partial charge in [-0.1, -0.05) is 0 Å². The monoisotopic (exact) mass is 213 g/mol. The summed E-state index contributed by atoms with van der Waals surface area (Å²) in [4.78, 5) is 2.93. The lowest BCUT2D eigenvalue weighted by atomic mass is 10.2. The average molecular weight is 214 g/mol. The molecule has 0 bridgehead atoms. The van der Waals surface area contributed by atoms with E-state index in [2.05, 4.69) is 20.9 Å². The van der Waals surface area contributed by atoms with Gasteiger partial charge in [-0.15, -0.1) is 0 Å². The van der Waals surface area contributed by atoms with Crippen molar-refractivity contribution in [3.8, 4) is 0 Å². The maximum Gasteiger partial charge on any atom is 0.139 e. The molecule has 1 aromatic heterocycles. The van der Waals surface area contributed by atoms with Crippen LogP contribution in [0.25, 0.3) is 10.9 Å². The van der Waals surface area contributed by atoms with Gasteiger partial charge in [-0.25, -0.2) is 4.39 Å². The lowest BCUT2D eigenvalue weighted by molar-refractivity contribution is 0.623. The van der Waals surface area contributed by atoms with Crippen molar-refractivity contribution < 1.29 is 4.39 Å². The zero-order valence-electron chi connectivity index (χ0n) is 5.57. The molecule has 1 aromatic carbocycles. The van der Waals surface area contributed by atoms with Gasteiger partial charge in [0.25, 0.3) is 0 Å². The van der Waals surface area contributed by atoms with Crippen LogP contribution in [0.1, 0.15) is 0 Å². The van der Waals surface area contributed by atoms with Crippen LogP contribution >= 0.6 is 15.9 Å². The van der Waals surface area contributed by atoms with Crippen LogP contribution in [0.4, 0.5) is 4.39 Å². The van der Waals surface area contributed by atoms with Gasteiger partial charge < -0.3 is 4.98 Å². The van der Waals surface area contributed by atoms with E-state index in [0.29, 0.717) is 4.47 Å². The van der Waals surface area contributed by atoms with Gasteiger partial charge in [0.05, 0.1) is 4.47 Å². The Bertz CT molecular complexity index is 358. The molecule has 0 amide bonds. The molecule has 0 fully saturated rings. The SMILES string of the molecule is Fc1cc2[nH]ccc2cc1Br. The fraction of sp³-hybridized carbons (Fsp3) is 0. The highest BCUT2D eigenvalue weighted by Gasteiger charge is 2.00. The van der Waals surface area contributed by atoms with E-state index in [1.54, 1.807) is 12.3 Å². The number of nitrogens with one attached hydrogen (secondary N) is 1. The van der Waals surface area contributed by atoms with Crippen molar-refractivity contribution in [2.45, 2.75) is 0 Å². The first-order valence-corrected chi connectivity index (χ1v) is 3.99. The molecular weight excluding hydrogens is 209 g/mol. The smallest absolute Gasteiger partial charge is 0.139 e. The molecule has 0 saturated heterocycles. The lowest BCUT2D eigenvalue weighted by Gasteiger charge is -1.93. The number of benzene rings is 1. The van der Waals surface area contributed by atoms with Crippen molar-refractivity contribution in [3.05, 3.63) is 34.7 Å². The van der Waals surface area contributed by atoms with Gasteiger partial charge in [-0.05, 0) is 34.1 Å². The molecule has 11 heavy (non-hydrogen) atoms. The van der Waals surface area contributed by atoms with Gasteiger partial charge in [-0.3, -0.25) is 0 Å². The van der Waals surface area contributed by atoms with E-state index in [4.69, 9.17) is 0 Å². The Balaban J connectivity index is 2.86. The highest BCUT2D eigenvalue weighted by atomic mass is 79.9. The molecule has 2 aromatic rings. The zero-order chi connectivity index (χ0) is 7.84. The quantitative estimate of drug-likeness (QED) is 0.693. The Hall–Kier alpha value is -0.830. The molecule has 0 saturated carbocycles. The fourth-order valence-corrected chi connectivity index (χ4v) is 1.41. The molecular formula is C8H5BrFN. The minimum atomic E-state index is -0.236. The lowest BCUT2D eigenvalue weighted by Crippen LogP contribution is -1.76. The second-order valence-corrected chi connectivity index (χ2v) is 3.19. The molecule has 0 spiro atoms. The molecule has 0 radical (unpaired) electrons. The first-order chi connectivity index (χ1) is 5.27. The second-order valence-electron chi connectivity index (χ2n) is 2.33. The third-order valence-electron chi connectivity index (χ3n) is 1.59. The zero-order valence-corrected chi connectivity index (χ0v) is 7.15. The third-order valence-corrected chi connectivity index (χ3v) is 2.20. The summed E-state index contributed by atoms with van der Waals surface area (Å²) in [7, 11) is 0.